The lowest BCUT2D eigenvalue weighted by Gasteiger charge is -2.07. The summed E-state index contributed by atoms with van der Waals surface area (Å²) in [6, 6.07) is 4.44. The van der Waals surface area contributed by atoms with E-state index in [9.17, 15) is 19.3 Å². The summed E-state index contributed by atoms with van der Waals surface area (Å²) in [6.07, 6.45) is 1.50. The first-order chi connectivity index (χ1) is 11.4. The van der Waals surface area contributed by atoms with Crippen LogP contribution < -0.4 is 10.1 Å². The Bertz CT molecular complexity index is 745. The number of benzene rings is 1. The van der Waals surface area contributed by atoms with Crippen molar-refractivity contribution >= 4 is 11.6 Å². The van der Waals surface area contributed by atoms with Gasteiger partial charge in [0, 0.05) is 24.9 Å². The Hall–Kier alpha value is -2.97. The van der Waals surface area contributed by atoms with Crippen LogP contribution in [0.4, 0.5) is 10.1 Å². The van der Waals surface area contributed by atoms with E-state index in [1.807, 2.05) is 13.8 Å². The monoisotopic (exact) mass is 336 g/mol. The Morgan fingerprint density at radius 3 is 2.88 bits per heavy atom. The molecule has 1 heterocycles. The smallest absolute Gasteiger partial charge is 0.311 e. The van der Waals surface area contributed by atoms with Crippen molar-refractivity contribution in [3.05, 3.63) is 52.1 Å². The van der Waals surface area contributed by atoms with Crippen LogP contribution in [0.25, 0.3) is 0 Å². The van der Waals surface area contributed by atoms with Crippen LogP contribution >= 0.6 is 0 Å². The maximum atomic E-state index is 13.2. The van der Waals surface area contributed by atoms with Crippen molar-refractivity contribution in [1.29, 1.82) is 0 Å². The van der Waals surface area contributed by atoms with Gasteiger partial charge in [-0.3, -0.25) is 14.9 Å². The number of ether oxygens (including phenoxy) is 1. The van der Waals surface area contributed by atoms with Crippen LogP contribution in [0.1, 0.15) is 24.3 Å². The second-order valence-corrected chi connectivity index (χ2v) is 5.49. The van der Waals surface area contributed by atoms with Crippen molar-refractivity contribution < 1.29 is 18.8 Å². The predicted octanol–water partition coefficient (Wildman–Crippen LogP) is 2.35. The van der Waals surface area contributed by atoms with Crippen molar-refractivity contribution in [3.8, 4) is 5.75 Å². The number of aromatic nitrogens is 2. The van der Waals surface area contributed by atoms with E-state index < -0.39 is 10.7 Å². The van der Waals surface area contributed by atoms with Gasteiger partial charge in [0.25, 0.3) is 5.91 Å². The molecular formula is C15H17FN4O4. The minimum atomic E-state index is -0.664. The van der Waals surface area contributed by atoms with E-state index in [-0.39, 0.29) is 29.8 Å². The minimum Gasteiger partial charge on any atom is -0.464 e. The number of hydrogen-bond donors (Lipinski definition) is 1. The summed E-state index contributed by atoms with van der Waals surface area (Å²) in [5.74, 6) is -0.863. The summed E-state index contributed by atoms with van der Waals surface area (Å²) in [5.41, 5.74) is -0.147. The molecule has 1 aromatic carbocycles. The summed E-state index contributed by atoms with van der Waals surface area (Å²) in [4.78, 5) is 22.1. The summed E-state index contributed by atoms with van der Waals surface area (Å²) >= 11 is 0. The summed E-state index contributed by atoms with van der Waals surface area (Å²) in [5, 5.41) is 17.6. The lowest BCUT2D eigenvalue weighted by Crippen LogP contribution is -2.27. The fraction of sp³-hybridized carbons (Fsp3) is 0.333. The van der Waals surface area contributed by atoms with Crippen LogP contribution in [0.3, 0.4) is 0 Å². The maximum absolute atomic E-state index is 13.2. The average Bonchev–Trinajstić information content (AvgIpc) is 2.99. The lowest BCUT2D eigenvalue weighted by atomic mass is 10.2. The number of halogens is 1. The Kier molecular flexibility index (Phi) is 5.46. The largest absolute Gasteiger partial charge is 0.464 e. The molecule has 0 saturated heterocycles. The highest BCUT2D eigenvalue weighted by Crippen LogP contribution is 2.27. The second-order valence-electron chi connectivity index (χ2n) is 5.49. The molecule has 9 heteroatoms. The molecule has 0 atom stereocenters. The van der Waals surface area contributed by atoms with Crippen molar-refractivity contribution in [1.82, 2.24) is 15.1 Å². The lowest BCUT2D eigenvalue weighted by molar-refractivity contribution is -0.386. The molecule has 0 radical (unpaired) electrons. The van der Waals surface area contributed by atoms with Crippen LogP contribution in [-0.2, 0) is 6.73 Å². The van der Waals surface area contributed by atoms with Crippen LogP contribution in [-0.4, -0.2) is 27.2 Å². The van der Waals surface area contributed by atoms with Gasteiger partial charge in [0.05, 0.1) is 4.92 Å². The zero-order valence-corrected chi connectivity index (χ0v) is 13.2. The third kappa shape index (κ3) is 4.51. The highest BCUT2D eigenvalue weighted by Gasteiger charge is 2.16. The van der Waals surface area contributed by atoms with Crippen molar-refractivity contribution in [2.75, 3.05) is 6.54 Å². The molecule has 0 aliphatic carbocycles. The number of nitrogens with zero attached hydrogens (tertiary/aromatic N) is 3. The first-order valence-electron chi connectivity index (χ1n) is 7.25. The zero-order valence-electron chi connectivity index (χ0n) is 13.2. The number of nitrogens with one attached hydrogen (secondary N) is 1. The average molecular weight is 336 g/mol. The van der Waals surface area contributed by atoms with E-state index in [4.69, 9.17) is 4.74 Å². The molecule has 0 aliphatic rings. The first-order valence-corrected chi connectivity index (χ1v) is 7.25. The molecule has 1 N–H and O–H groups in total. The van der Waals surface area contributed by atoms with Gasteiger partial charge < -0.3 is 10.1 Å². The van der Waals surface area contributed by atoms with Crippen LogP contribution in [0.15, 0.2) is 30.5 Å². The van der Waals surface area contributed by atoms with Gasteiger partial charge in [-0.15, -0.1) is 0 Å². The van der Waals surface area contributed by atoms with E-state index in [1.54, 1.807) is 0 Å². The van der Waals surface area contributed by atoms with Gasteiger partial charge in [-0.1, -0.05) is 13.8 Å². The van der Waals surface area contributed by atoms with E-state index >= 15 is 0 Å². The van der Waals surface area contributed by atoms with Gasteiger partial charge in [0.2, 0.25) is 5.75 Å². The highest BCUT2D eigenvalue weighted by molar-refractivity contribution is 5.92. The van der Waals surface area contributed by atoms with Crippen LogP contribution in [0.5, 0.6) is 5.75 Å². The Balaban J connectivity index is 2.02. The number of carbonyl (C=O) groups excluding carboxylic acids is 1. The normalized spacial score (nSPS) is 10.7. The van der Waals surface area contributed by atoms with E-state index in [2.05, 4.69) is 10.4 Å². The number of carbonyl (C=O) groups is 1. The minimum absolute atomic E-state index is 0.193. The summed E-state index contributed by atoms with van der Waals surface area (Å²) < 4.78 is 19.8. The van der Waals surface area contributed by atoms with E-state index in [0.29, 0.717) is 12.5 Å². The molecule has 0 saturated carbocycles. The predicted molar refractivity (Wildman–Crippen MR) is 83.1 cm³/mol. The molecule has 8 nitrogen and oxygen atoms in total. The van der Waals surface area contributed by atoms with Crippen LogP contribution in [0.2, 0.25) is 0 Å². The van der Waals surface area contributed by atoms with Gasteiger partial charge in [0.15, 0.2) is 6.73 Å². The third-order valence-corrected chi connectivity index (χ3v) is 3.02. The molecule has 0 bridgehead atoms. The third-order valence-electron chi connectivity index (χ3n) is 3.02. The van der Waals surface area contributed by atoms with Gasteiger partial charge in [-0.2, -0.15) is 5.10 Å². The SMILES string of the molecule is CC(C)CNC(=O)c1ccn(COc2cc(F)ccc2[N+](=O)[O-])n1. The Labute approximate surface area is 137 Å². The zero-order chi connectivity index (χ0) is 17.7. The second kappa shape index (κ2) is 7.53. The van der Waals surface area contributed by atoms with Crippen LogP contribution in [0, 0.1) is 21.8 Å². The molecule has 0 fully saturated rings. The number of amides is 1. The molecule has 0 spiro atoms. The Morgan fingerprint density at radius 1 is 1.46 bits per heavy atom. The molecule has 24 heavy (non-hydrogen) atoms. The van der Waals surface area contributed by atoms with Crippen molar-refractivity contribution in [2.45, 2.75) is 20.6 Å². The molecule has 2 aromatic rings. The van der Waals surface area contributed by atoms with Gasteiger partial charge in [-0.05, 0) is 18.1 Å². The summed E-state index contributed by atoms with van der Waals surface area (Å²) in [6.45, 7) is 4.27. The molecule has 0 aliphatic heterocycles. The maximum Gasteiger partial charge on any atom is 0.311 e. The number of nitro benzene ring substituents is 1. The molecule has 0 unspecified atom stereocenters. The van der Waals surface area contributed by atoms with Gasteiger partial charge in [-0.25, -0.2) is 9.07 Å². The molecule has 1 aromatic heterocycles. The first kappa shape index (κ1) is 17.4. The van der Waals surface area contributed by atoms with E-state index in [1.165, 1.54) is 16.9 Å². The fourth-order valence-corrected chi connectivity index (χ4v) is 1.83. The van der Waals surface area contributed by atoms with Crippen molar-refractivity contribution in [3.63, 3.8) is 0 Å². The standard InChI is InChI=1S/C15H17FN4O4/c1-10(2)8-17-15(21)12-5-6-19(18-12)9-24-14-7-11(16)3-4-13(14)20(22)23/h3-7,10H,8-9H2,1-2H3,(H,17,21). The topological polar surface area (TPSA) is 99.3 Å². The number of hydrogen-bond acceptors (Lipinski definition) is 5. The molecule has 2 rings (SSSR count). The summed E-state index contributed by atoms with van der Waals surface area (Å²) in [7, 11) is 0. The van der Waals surface area contributed by atoms with Crippen molar-refractivity contribution in [2.24, 2.45) is 5.92 Å². The van der Waals surface area contributed by atoms with E-state index in [0.717, 1.165) is 18.2 Å². The number of rotatable bonds is 7. The van der Waals surface area contributed by atoms with Gasteiger partial charge >= 0.3 is 5.69 Å². The quantitative estimate of drug-likeness (QED) is 0.618. The molecular weight excluding hydrogens is 319 g/mol. The Morgan fingerprint density at radius 2 is 2.21 bits per heavy atom. The molecule has 128 valence electrons. The van der Waals surface area contributed by atoms with Gasteiger partial charge in [0.1, 0.15) is 11.5 Å². The highest BCUT2D eigenvalue weighted by atomic mass is 19.1. The fourth-order valence-electron chi connectivity index (χ4n) is 1.83. The molecule has 1 amide bonds. The number of nitro groups is 1.